The van der Waals surface area contributed by atoms with E-state index in [1.807, 2.05) is 30.3 Å². The molecule has 1 aromatic heterocycles. The number of aromatic amines is 1. The summed E-state index contributed by atoms with van der Waals surface area (Å²) in [5, 5.41) is 7.56. The van der Waals surface area contributed by atoms with E-state index in [0.717, 1.165) is 29.0 Å². The Morgan fingerprint density at radius 2 is 2.17 bits per heavy atom. The molecule has 7 heteroatoms. The number of nitrogens with zero attached hydrogens (tertiary/aromatic N) is 1. The highest BCUT2D eigenvalue weighted by atomic mass is 32.2. The molecular weight excluding hydrogens is 252 g/mol. The number of nitrogens with one attached hydrogen (secondary N) is 2. The molecule has 0 saturated carbocycles. The average molecular weight is 264 g/mol. The minimum absolute atomic E-state index is 0.603. The molecule has 0 aliphatic rings. The molecule has 0 radical (unpaired) electrons. The zero-order valence-corrected chi connectivity index (χ0v) is 10.5. The third-order valence-electron chi connectivity index (χ3n) is 2.21. The molecule has 0 fully saturated rings. The third-order valence-corrected chi connectivity index (χ3v) is 2.93. The van der Waals surface area contributed by atoms with Gasteiger partial charge in [0, 0.05) is 11.9 Å². The van der Waals surface area contributed by atoms with Gasteiger partial charge in [0.25, 0.3) is 0 Å². The van der Waals surface area contributed by atoms with Crippen molar-refractivity contribution in [2.24, 2.45) is 5.73 Å². The van der Waals surface area contributed by atoms with Crippen molar-refractivity contribution in [3.8, 4) is 17.0 Å². The van der Waals surface area contributed by atoms with Crippen LogP contribution in [0.4, 0.5) is 4.79 Å². The number of carbonyl (C=O) groups is 1. The fourth-order valence-corrected chi connectivity index (χ4v) is 1.85. The van der Waals surface area contributed by atoms with Crippen LogP contribution in [0.1, 0.15) is 0 Å². The van der Waals surface area contributed by atoms with Gasteiger partial charge in [-0.3, -0.25) is 9.82 Å². The number of H-pyrrole nitrogens is 1. The molecule has 0 unspecified atom stereocenters. The third kappa shape index (κ3) is 2.95. The number of nitrogens with two attached hydrogens (primary N) is 1. The van der Waals surface area contributed by atoms with E-state index in [2.05, 4.69) is 14.9 Å². The Morgan fingerprint density at radius 3 is 2.78 bits per heavy atom. The molecule has 0 saturated heterocycles. The molecule has 1 aromatic carbocycles. The van der Waals surface area contributed by atoms with Crippen LogP contribution in [0.2, 0.25) is 0 Å². The van der Waals surface area contributed by atoms with Crippen LogP contribution in [0.15, 0.2) is 35.4 Å². The van der Waals surface area contributed by atoms with Crippen molar-refractivity contribution in [3.05, 3.63) is 30.3 Å². The van der Waals surface area contributed by atoms with Gasteiger partial charge in [0.2, 0.25) is 0 Å². The van der Waals surface area contributed by atoms with E-state index >= 15 is 0 Å². The van der Waals surface area contributed by atoms with Crippen LogP contribution in [0.3, 0.4) is 0 Å². The highest BCUT2D eigenvalue weighted by Crippen LogP contribution is 2.23. The molecule has 94 valence electrons. The predicted octanol–water partition coefficient (Wildman–Crippen LogP) is 1.76. The summed E-state index contributed by atoms with van der Waals surface area (Å²) in [6.07, 6.45) is 0. The van der Waals surface area contributed by atoms with Gasteiger partial charge in [0.15, 0.2) is 0 Å². The number of amides is 2. The maximum Gasteiger partial charge on any atom is 0.322 e. The van der Waals surface area contributed by atoms with Gasteiger partial charge in [-0.25, -0.2) is 4.79 Å². The van der Waals surface area contributed by atoms with Crippen molar-refractivity contribution >= 4 is 18.0 Å². The zero-order chi connectivity index (χ0) is 13.0. The van der Waals surface area contributed by atoms with E-state index in [1.54, 1.807) is 7.11 Å². The maximum atomic E-state index is 10.6. The number of benzene rings is 1. The van der Waals surface area contributed by atoms with E-state index in [0.29, 0.717) is 5.03 Å². The number of rotatable bonds is 4. The number of methoxy groups -OCH3 is 1. The van der Waals surface area contributed by atoms with Crippen LogP contribution >= 0.6 is 11.9 Å². The normalized spacial score (nSPS) is 10.1. The first-order chi connectivity index (χ1) is 8.69. The van der Waals surface area contributed by atoms with Gasteiger partial charge < -0.3 is 10.5 Å². The van der Waals surface area contributed by atoms with Crippen molar-refractivity contribution in [2.45, 2.75) is 5.03 Å². The summed E-state index contributed by atoms with van der Waals surface area (Å²) >= 11 is 1.06. The van der Waals surface area contributed by atoms with Crippen molar-refractivity contribution in [3.63, 3.8) is 0 Å². The van der Waals surface area contributed by atoms with Crippen LogP contribution in [0.25, 0.3) is 11.3 Å². The summed E-state index contributed by atoms with van der Waals surface area (Å²) < 4.78 is 7.48. The van der Waals surface area contributed by atoms with Gasteiger partial charge in [-0.1, -0.05) is 0 Å². The van der Waals surface area contributed by atoms with Crippen molar-refractivity contribution in [1.29, 1.82) is 0 Å². The van der Waals surface area contributed by atoms with Crippen molar-refractivity contribution in [2.75, 3.05) is 7.11 Å². The lowest BCUT2D eigenvalue weighted by Gasteiger charge is -2.00. The van der Waals surface area contributed by atoms with Gasteiger partial charge in [-0.2, -0.15) is 5.10 Å². The fourth-order valence-electron chi connectivity index (χ4n) is 1.38. The molecule has 2 amide bonds. The molecule has 1 heterocycles. The Kier molecular flexibility index (Phi) is 3.73. The summed E-state index contributed by atoms with van der Waals surface area (Å²) in [4.78, 5) is 10.6. The first-order valence-electron chi connectivity index (χ1n) is 5.11. The Bertz CT molecular complexity index is 538. The molecule has 0 spiro atoms. The van der Waals surface area contributed by atoms with Crippen LogP contribution in [0.5, 0.6) is 5.75 Å². The van der Waals surface area contributed by atoms with Crippen molar-refractivity contribution < 1.29 is 9.53 Å². The number of carbonyl (C=O) groups excluding carboxylic acids is 1. The summed E-state index contributed by atoms with van der Waals surface area (Å²) in [5.41, 5.74) is 6.80. The number of ether oxygens (including phenoxy) is 1. The Balaban J connectivity index is 2.10. The molecule has 0 bridgehead atoms. The smallest absolute Gasteiger partial charge is 0.322 e. The fraction of sp³-hybridized carbons (Fsp3) is 0.0909. The summed E-state index contributed by atoms with van der Waals surface area (Å²) in [6.45, 7) is 0. The molecule has 2 aromatic rings. The lowest BCUT2D eigenvalue weighted by atomic mass is 10.1. The lowest BCUT2D eigenvalue weighted by molar-refractivity contribution is 0.254. The van der Waals surface area contributed by atoms with Crippen molar-refractivity contribution in [1.82, 2.24) is 14.9 Å². The molecule has 18 heavy (non-hydrogen) atoms. The number of hydrogen-bond donors (Lipinski definition) is 3. The maximum absolute atomic E-state index is 10.6. The minimum Gasteiger partial charge on any atom is -0.497 e. The zero-order valence-electron chi connectivity index (χ0n) is 9.64. The molecule has 2 rings (SSSR count). The molecule has 4 N–H and O–H groups in total. The van der Waals surface area contributed by atoms with Crippen LogP contribution in [-0.2, 0) is 0 Å². The Morgan fingerprint density at radius 1 is 1.44 bits per heavy atom. The highest BCUT2D eigenvalue weighted by Gasteiger charge is 2.05. The van der Waals surface area contributed by atoms with E-state index in [-0.39, 0.29) is 0 Å². The van der Waals surface area contributed by atoms with Crippen LogP contribution < -0.4 is 15.2 Å². The number of hydrogen-bond acceptors (Lipinski definition) is 4. The number of primary amides is 1. The van der Waals surface area contributed by atoms with E-state index in [1.165, 1.54) is 0 Å². The minimum atomic E-state index is -0.603. The van der Waals surface area contributed by atoms with Gasteiger partial charge in [-0.15, -0.1) is 0 Å². The second-order valence-corrected chi connectivity index (χ2v) is 4.24. The van der Waals surface area contributed by atoms with E-state index < -0.39 is 6.03 Å². The topological polar surface area (TPSA) is 93.0 Å². The van der Waals surface area contributed by atoms with Gasteiger partial charge in [0.05, 0.1) is 12.8 Å². The van der Waals surface area contributed by atoms with Gasteiger partial charge in [0.1, 0.15) is 10.8 Å². The monoisotopic (exact) mass is 264 g/mol. The second kappa shape index (κ2) is 5.46. The predicted molar refractivity (Wildman–Crippen MR) is 69.2 cm³/mol. The molecule has 6 nitrogen and oxygen atoms in total. The Hall–Kier alpha value is -2.15. The molecular formula is C11H12N4O2S. The second-order valence-electron chi connectivity index (χ2n) is 3.42. The van der Waals surface area contributed by atoms with E-state index in [9.17, 15) is 4.79 Å². The largest absolute Gasteiger partial charge is 0.497 e. The standard InChI is InChI=1S/C11H12N4O2S/c1-17-8-4-2-7(3-5-8)9-6-10(14-13-9)18-15-11(12)16/h2-6H,1H3,(H,13,14)(H3,12,15,16). The lowest BCUT2D eigenvalue weighted by Crippen LogP contribution is -2.22. The number of urea groups is 1. The first kappa shape index (κ1) is 12.3. The van der Waals surface area contributed by atoms with Gasteiger partial charge >= 0.3 is 6.03 Å². The Labute approximate surface area is 108 Å². The van der Waals surface area contributed by atoms with E-state index in [4.69, 9.17) is 10.5 Å². The summed E-state index contributed by atoms with van der Waals surface area (Å²) in [7, 11) is 1.62. The van der Waals surface area contributed by atoms with Crippen LogP contribution in [0, 0.1) is 0 Å². The SMILES string of the molecule is COc1ccc(-c2cc(SNC(N)=O)n[nH]2)cc1. The average Bonchev–Trinajstić information content (AvgIpc) is 2.85. The molecule has 0 aliphatic carbocycles. The highest BCUT2D eigenvalue weighted by molar-refractivity contribution is 7.97. The van der Waals surface area contributed by atoms with Gasteiger partial charge in [-0.05, 0) is 35.9 Å². The number of aromatic nitrogens is 2. The first-order valence-corrected chi connectivity index (χ1v) is 5.93. The molecule has 0 atom stereocenters. The summed E-state index contributed by atoms with van der Waals surface area (Å²) in [6, 6.07) is 8.79. The summed E-state index contributed by atoms with van der Waals surface area (Å²) in [5.74, 6) is 0.795. The molecule has 0 aliphatic heterocycles. The quantitative estimate of drug-likeness (QED) is 0.733. The van der Waals surface area contributed by atoms with Crippen LogP contribution in [-0.4, -0.2) is 23.3 Å².